The number of benzene rings is 1. The fraction of sp³-hybridized carbons (Fsp3) is 0.250. The van der Waals surface area contributed by atoms with Gasteiger partial charge in [0.2, 0.25) is 0 Å². The third kappa shape index (κ3) is 2.22. The molecule has 1 rings (SSSR count). The molecule has 0 fully saturated rings. The topological polar surface area (TPSA) is 70.2 Å². The molecule has 0 atom stereocenters. The number of methoxy groups -OCH3 is 1. The Hall–Kier alpha value is -1.06. The molecule has 1 aromatic carbocycles. The lowest BCUT2D eigenvalue weighted by Crippen LogP contribution is -1.98. The second-order valence-electron chi connectivity index (χ2n) is 2.02. The molecular weight excluding hydrogens is 140 g/mol. The highest BCUT2D eigenvalue weighted by molar-refractivity contribution is 5.32. The summed E-state index contributed by atoms with van der Waals surface area (Å²) < 4.78 is 5.06. The van der Waals surface area contributed by atoms with Crippen LogP contribution in [0, 0.1) is 0 Å². The van der Waals surface area contributed by atoms with Crippen LogP contribution >= 0.6 is 0 Å². The number of nitrogens with two attached hydrogens (primary N) is 1. The molecule has 5 N–H and O–H groups in total. The van der Waals surface area contributed by atoms with Crippen molar-refractivity contribution in [2.75, 3.05) is 7.11 Å². The molecule has 0 aliphatic rings. The third-order valence-corrected chi connectivity index (χ3v) is 1.41. The smallest absolute Gasteiger partial charge is 0.123 e. The quantitative estimate of drug-likeness (QED) is 0.674. The van der Waals surface area contributed by atoms with Gasteiger partial charge in [-0.3, -0.25) is 0 Å². The molecule has 0 saturated carbocycles. The van der Waals surface area contributed by atoms with Crippen molar-refractivity contribution in [1.82, 2.24) is 6.15 Å². The molecule has 0 saturated heterocycles. The van der Waals surface area contributed by atoms with Gasteiger partial charge in [-0.25, -0.2) is 0 Å². The van der Waals surface area contributed by atoms with Crippen molar-refractivity contribution < 1.29 is 4.74 Å². The lowest BCUT2D eigenvalue weighted by molar-refractivity contribution is 0.410. The summed E-state index contributed by atoms with van der Waals surface area (Å²) in [5.41, 5.74) is 6.49. The number of hydrogen-bond acceptors (Lipinski definition) is 3. The van der Waals surface area contributed by atoms with E-state index in [0.717, 1.165) is 11.3 Å². The number of ether oxygens (including phenoxy) is 1. The first kappa shape index (κ1) is 9.94. The van der Waals surface area contributed by atoms with E-state index in [-0.39, 0.29) is 6.15 Å². The second kappa shape index (κ2) is 4.71. The molecule has 0 unspecified atom stereocenters. The summed E-state index contributed by atoms with van der Waals surface area (Å²) in [6, 6.07) is 7.74. The molecule has 3 heteroatoms. The Bertz CT molecular complexity index is 190. The van der Waals surface area contributed by atoms with E-state index in [1.54, 1.807) is 7.11 Å². The normalized spacial score (nSPS) is 8.55. The van der Waals surface area contributed by atoms with Crippen LogP contribution in [0.5, 0.6) is 5.75 Å². The molecule has 0 spiro atoms. The molecule has 1 aromatic rings. The van der Waals surface area contributed by atoms with Gasteiger partial charge in [0.05, 0.1) is 7.11 Å². The Morgan fingerprint density at radius 3 is 2.45 bits per heavy atom. The summed E-state index contributed by atoms with van der Waals surface area (Å²) in [4.78, 5) is 0. The van der Waals surface area contributed by atoms with Crippen molar-refractivity contribution in [2.24, 2.45) is 5.73 Å². The maximum Gasteiger partial charge on any atom is 0.123 e. The van der Waals surface area contributed by atoms with Crippen LogP contribution in [0.15, 0.2) is 24.3 Å². The molecule has 62 valence electrons. The largest absolute Gasteiger partial charge is 0.496 e. The fourth-order valence-electron chi connectivity index (χ4n) is 0.872. The Morgan fingerprint density at radius 1 is 1.36 bits per heavy atom. The van der Waals surface area contributed by atoms with Crippen LogP contribution in [-0.2, 0) is 6.54 Å². The first-order valence-electron chi connectivity index (χ1n) is 3.20. The maximum absolute atomic E-state index is 5.45. The molecule has 0 heterocycles. The van der Waals surface area contributed by atoms with Crippen LogP contribution in [0.3, 0.4) is 0 Å². The summed E-state index contributed by atoms with van der Waals surface area (Å²) in [7, 11) is 1.65. The van der Waals surface area contributed by atoms with E-state index in [1.165, 1.54) is 0 Å². The minimum atomic E-state index is 0. The average molecular weight is 154 g/mol. The maximum atomic E-state index is 5.45. The first-order valence-corrected chi connectivity index (χ1v) is 3.20. The van der Waals surface area contributed by atoms with Gasteiger partial charge in [-0.1, -0.05) is 18.2 Å². The molecular formula is C8H14N2O. The van der Waals surface area contributed by atoms with Gasteiger partial charge in [0.25, 0.3) is 0 Å². The number of hydrogen-bond donors (Lipinski definition) is 2. The second-order valence-corrected chi connectivity index (χ2v) is 2.02. The lowest BCUT2D eigenvalue weighted by atomic mass is 10.2. The summed E-state index contributed by atoms with van der Waals surface area (Å²) in [5.74, 6) is 0.866. The molecule has 11 heavy (non-hydrogen) atoms. The highest BCUT2D eigenvalue weighted by atomic mass is 16.5. The van der Waals surface area contributed by atoms with E-state index in [0.29, 0.717) is 6.54 Å². The van der Waals surface area contributed by atoms with E-state index < -0.39 is 0 Å². The molecule has 0 aromatic heterocycles. The van der Waals surface area contributed by atoms with Crippen molar-refractivity contribution in [2.45, 2.75) is 6.54 Å². The monoisotopic (exact) mass is 154 g/mol. The highest BCUT2D eigenvalue weighted by Gasteiger charge is 1.95. The van der Waals surface area contributed by atoms with Crippen molar-refractivity contribution in [1.29, 1.82) is 0 Å². The lowest BCUT2D eigenvalue weighted by Gasteiger charge is -2.03. The van der Waals surface area contributed by atoms with Crippen LogP contribution in [-0.4, -0.2) is 7.11 Å². The van der Waals surface area contributed by atoms with E-state index in [4.69, 9.17) is 10.5 Å². The Kier molecular flexibility index (Phi) is 4.26. The van der Waals surface area contributed by atoms with Crippen molar-refractivity contribution in [3.05, 3.63) is 29.8 Å². The standard InChI is InChI=1S/C8H11NO.H3N/c1-10-8-5-3-2-4-7(8)6-9;/h2-5H,6,9H2,1H3;1H3. The van der Waals surface area contributed by atoms with Crippen molar-refractivity contribution in [3.8, 4) is 5.75 Å². The highest BCUT2D eigenvalue weighted by Crippen LogP contribution is 2.15. The summed E-state index contributed by atoms with van der Waals surface area (Å²) >= 11 is 0. The van der Waals surface area contributed by atoms with E-state index in [9.17, 15) is 0 Å². The number of rotatable bonds is 2. The zero-order chi connectivity index (χ0) is 7.40. The van der Waals surface area contributed by atoms with Gasteiger partial charge in [0, 0.05) is 12.1 Å². The Balaban J connectivity index is 0.000001000. The average Bonchev–Trinajstić information content (AvgIpc) is 2.04. The molecule has 3 nitrogen and oxygen atoms in total. The molecule has 0 aliphatic carbocycles. The molecule has 0 bridgehead atoms. The molecule has 0 amide bonds. The Labute approximate surface area is 66.8 Å². The van der Waals surface area contributed by atoms with Crippen LogP contribution in [0.4, 0.5) is 0 Å². The summed E-state index contributed by atoms with van der Waals surface area (Å²) in [6.07, 6.45) is 0. The van der Waals surface area contributed by atoms with Gasteiger partial charge < -0.3 is 16.6 Å². The third-order valence-electron chi connectivity index (χ3n) is 1.41. The first-order chi connectivity index (χ1) is 4.88. The minimum absolute atomic E-state index is 0. The fourth-order valence-corrected chi connectivity index (χ4v) is 0.872. The van der Waals surface area contributed by atoms with Crippen LogP contribution in [0.25, 0.3) is 0 Å². The van der Waals surface area contributed by atoms with Crippen LogP contribution in [0.1, 0.15) is 5.56 Å². The zero-order valence-corrected chi connectivity index (χ0v) is 6.71. The van der Waals surface area contributed by atoms with Crippen LogP contribution in [0.2, 0.25) is 0 Å². The van der Waals surface area contributed by atoms with E-state index >= 15 is 0 Å². The van der Waals surface area contributed by atoms with Gasteiger partial charge in [-0.05, 0) is 6.07 Å². The SMILES string of the molecule is COc1ccccc1CN.N. The molecule has 0 aliphatic heterocycles. The van der Waals surface area contributed by atoms with Gasteiger partial charge in [-0.2, -0.15) is 0 Å². The van der Waals surface area contributed by atoms with E-state index in [2.05, 4.69) is 0 Å². The van der Waals surface area contributed by atoms with Gasteiger partial charge in [-0.15, -0.1) is 0 Å². The Morgan fingerprint density at radius 2 is 2.00 bits per heavy atom. The minimum Gasteiger partial charge on any atom is -0.496 e. The zero-order valence-electron chi connectivity index (χ0n) is 6.71. The predicted molar refractivity (Wildman–Crippen MR) is 45.9 cm³/mol. The summed E-state index contributed by atoms with van der Waals surface area (Å²) in [5, 5.41) is 0. The molecule has 0 radical (unpaired) electrons. The van der Waals surface area contributed by atoms with Crippen molar-refractivity contribution in [3.63, 3.8) is 0 Å². The van der Waals surface area contributed by atoms with Gasteiger partial charge in [0.15, 0.2) is 0 Å². The predicted octanol–water partition coefficient (Wildman–Crippen LogP) is 1.32. The van der Waals surface area contributed by atoms with Gasteiger partial charge in [0.1, 0.15) is 5.75 Å². The van der Waals surface area contributed by atoms with Gasteiger partial charge >= 0.3 is 0 Å². The summed E-state index contributed by atoms with van der Waals surface area (Å²) in [6.45, 7) is 0.532. The van der Waals surface area contributed by atoms with E-state index in [1.807, 2.05) is 24.3 Å². The number of para-hydroxylation sites is 1. The van der Waals surface area contributed by atoms with Crippen LogP contribution < -0.4 is 16.6 Å². The van der Waals surface area contributed by atoms with Crippen molar-refractivity contribution >= 4 is 0 Å².